The van der Waals surface area contributed by atoms with Crippen LogP contribution in [0.5, 0.6) is 0 Å². The zero-order valence-corrected chi connectivity index (χ0v) is 15.7. The van der Waals surface area contributed by atoms with Crippen LogP contribution in [0, 0.1) is 0 Å². The molecule has 0 saturated heterocycles. The zero-order valence-electron chi connectivity index (χ0n) is 15.7. The molecule has 29 heavy (non-hydrogen) atoms. The lowest BCUT2D eigenvalue weighted by Crippen LogP contribution is -2.24. The summed E-state index contributed by atoms with van der Waals surface area (Å²) >= 11 is 0. The first-order chi connectivity index (χ1) is 14.3. The van der Waals surface area contributed by atoms with Crippen molar-refractivity contribution in [3.63, 3.8) is 0 Å². The molecule has 0 spiro atoms. The van der Waals surface area contributed by atoms with E-state index in [1.165, 1.54) is 10.8 Å². The van der Waals surface area contributed by atoms with Gasteiger partial charge in [0.2, 0.25) is 0 Å². The summed E-state index contributed by atoms with van der Waals surface area (Å²) < 4.78 is 0. The van der Waals surface area contributed by atoms with E-state index in [0.717, 1.165) is 40.7 Å². The van der Waals surface area contributed by atoms with Gasteiger partial charge in [0.05, 0.1) is 22.1 Å². The molecule has 0 aliphatic carbocycles. The molecular formula is C23H19N5O. The number of hydrogen-bond donors (Lipinski definition) is 2. The van der Waals surface area contributed by atoms with E-state index >= 15 is 0 Å². The minimum absolute atomic E-state index is 0.103. The van der Waals surface area contributed by atoms with Crippen molar-refractivity contribution in [3.8, 4) is 0 Å². The first-order valence-electron chi connectivity index (χ1n) is 9.63. The number of nitrogens with zero attached hydrogens (tertiary/aromatic N) is 3. The second-order valence-corrected chi connectivity index (χ2v) is 7.02. The van der Waals surface area contributed by atoms with Gasteiger partial charge in [-0.15, -0.1) is 0 Å². The van der Waals surface area contributed by atoms with Crippen LogP contribution < -0.4 is 5.32 Å². The van der Waals surface area contributed by atoms with Gasteiger partial charge in [0.15, 0.2) is 0 Å². The number of carbonyl (C=O) groups excluding carboxylic acids is 1. The molecule has 2 aromatic heterocycles. The van der Waals surface area contributed by atoms with Crippen molar-refractivity contribution in [1.82, 2.24) is 25.3 Å². The molecule has 2 N–H and O–H groups in total. The maximum Gasteiger partial charge on any atom is 0.251 e. The number of nitrogens with one attached hydrogen (secondary N) is 2. The van der Waals surface area contributed by atoms with Gasteiger partial charge in [0.25, 0.3) is 5.91 Å². The van der Waals surface area contributed by atoms with E-state index in [2.05, 4.69) is 49.5 Å². The van der Waals surface area contributed by atoms with Crippen LogP contribution in [0.1, 0.15) is 22.6 Å². The topological polar surface area (TPSA) is 83.6 Å². The molecule has 0 radical (unpaired) electrons. The third-order valence-electron chi connectivity index (χ3n) is 5.01. The number of aromatic amines is 1. The van der Waals surface area contributed by atoms with E-state index in [9.17, 15) is 4.79 Å². The van der Waals surface area contributed by atoms with Crippen molar-refractivity contribution in [3.05, 3.63) is 78.4 Å². The second kappa shape index (κ2) is 7.31. The molecule has 0 bridgehead atoms. The van der Waals surface area contributed by atoms with E-state index in [-0.39, 0.29) is 5.91 Å². The highest BCUT2D eigenvalue weighted by Gasteiger charge is 2.08. The quantitative estimate of drug-likeness (QED) is 0.450. The number of aromatic nitrogens is 4. The van der Waals surface area contributed by atoms with E-state index in [0.29, 0.717) is 12.1 Å². The molecule has 3 aromatic carbocycles. The summed E-state index contributed by atoms with van der Waals surface area (Å²) in [5, 5.41) is 5.35. The number of benzene rings is 3. The molecule has 5 aromatic rings. The second-order valence-electron chi connectivity index (χ2n) is 7.02. The summed E-state index contributed by atoms with van der Waals surface area (Å²) in [7, 11) is 0. The van der Waals surface area contributed by atoms with Crippen molar-refractivity contribution in [1.29, 1.82) is 0 Å². The minimum Gasteiger partial charge on any atom is -0.352 e. The van der Waals surface area contributed by atoms with E-state index in [1.807, 2.05) is 18.2 Å². The fraction of sp³-hybridized carbons (Fsp3) is 0.130. The third kappa shape index (κ3) is 3.52. The van der Waals surface area contributed by atoms with Gasteiger partial charge >= 0.3 is 0 Å². The van der Waals surface area contributed by atoms with Crippen molar-refractivity contribution in [2.45, 2.75) is 12.8 Å². The molecule has 0 aliphatic rings. The molecule has 6 heteroatoms. The van der Waals surface area contributed by atoms with Crippen LogP contribution in [0.2, 0.25) is 0 Å². The monoisotopic (exact) mass is 381 g/mol. The number of imidazole rings is 1. The molecule has 0 atom stereocenters. The Bertz CT molecular complexity index is 1290. The van der Waals surface area contributed by atoms with Gasteiger partial charge in [-0.25, -0.2) is 4.98 Å². The normalized spacial score (nSPS) is 11.3. The summed E-state index contributed by atoms with van der Waals surface area (Å²) in [4.78, 5) is 28.9. The Kier molecular flexibility index (Phi) is 4.37. The smallest absolute Gasteiger partial charge is 0.251 e. The van der Waals surface area contributed by atoms with Crippen LogP contribution in [-0.4, -0.2) is 32.4 Å². The predicted octanol–water partition coefficient (Wildman–Crippen LogP) is 4.02. The van der Waals surface area contributed by atoms with Gasteiger partial charge in [-0.05, 0) is 47.5 Å². The SMILES string of the molecule is O=C(NCCCc1nc2cc3ccccc3cc2[nH]1)c1ccc2nccnc2c1. The molecule has 6 nitrogen and oxygen atoms in total. The number of amides is 1. The first kappa shape index (κ1) is 17.3. The van der Waals surface area contributed by atoms with Gasteiger partial charge in [-0.1, -0.05) is 24.3 Å². The Labute approximate surface area is 167 Å². The standard InChI is InChI=1S/C23H19N5O/c29-23(17-7-8-18-19(14-17)25-11-10-24-18)26-9-3-6-22-27-20-12-15-4-1-2-5-16(15)13-21(20)28-22/h1-2,4-5,7-8,10-14H,3,6,9H2,(H,26,29)(H,27,28). The van der Waals surface area contributed by atoms with Crippen LogP contribution in [0.3, 0.4) is 0 Å². The van der Waals surface area contributed by atoms with Crippen LogP contribution >= 0.6 is 0 Å². The Morgan fingerprint density at radius 1 is 0.897 bits per heavy atom. The lowest BCUT2D eigenvalue weighted by molar-refractivity contribution is 0.0953. The van der Waals surface area contributed by atoms with Crippen molar-refractivity contribution in [2.24, 2.45) is 0 Å². The van der Waals surface area contributed by atoms with Crippen LogP contribution in [-0.2, 0) is 6.42 Å². The summed E-state index contributed by atoms with van der Waals surface area (Å²) in [6.45, 7) is 0.580. The summed E-state index contributed by atoms with van der Waals surface area (Å²) in [6.07, 6.45) is 4.84. The van der Waals surface area contributed by atoms with Gasteiger partial charge < -0.3 is 10.3 Å². The molecule has 5 rings (SSSR count). The van der Waals surface area contributed by atoms with Crippen LogP contribution in [0.4, 0.5) is 0 Å². The van der Waals surface area contributed by atoms with E-state index in [1.54, 1.807) is 24.5 Å². The van der Waals surface area contributed by atoms with E-state index in [4.69, 9.17) is 0 Å². The summed E-state index contributed by atoms with van der Waals surface area (Å²) in [5.41, 5.74) is 4.10. The molecule has 0 unspecified atom stereocenters. The molecule has 0 fully saturated rings. The molecule has 0 saturated carbocycles. The number of rotatable bonds is 5. The number of fused-ring (bicyclic) bond motifs is 3. The van der Waals surface area contributed by atoms with Crippen molar-refractivity contribution in [2.75, 3.05) is 6.54 Å². The Morgan fingerprint density at radius 3 is 2.55 bits per heavy atom. The number of aryl methyl sites for hydroxylation is 1. The van der Waals surface area contributed by atoms with Gasteiger partial charge in [-0.3, -0.25) is 14.8 Å². The highest BCUT2D eigenvalue weighted by Crippen LogP contribution is 2.21. The third-order valence-corrected chi connectivity index (χ3v) is 5.01. The largest absolute Gasteiger partial charge is 0.352 e. The summed E-state index contributed by atoms with van der Waals surface area (Å²) in [6, 6.07) is 17.9. The Hall–Kier alpha value is -3.80. The lowest BCUT2D eigenvalue weighted by atomic mass is 10.1. The molecular weight excluding hydrogens is 362 g/mol. The fourth-order valence-corrected chi connectivity index (χ4v) is 3.53. The first-order valence-corrected chi connectivity index (χ1v) is 9.63. The Balaban J connectivity index is 1.21. The summed E-state index contributed by atoms with van der Waals surface area (Å²) in [5.74, 6) is 0.832. The highest BCUT2D eigenvalue weighted by atomic mass is 16.1. The fourth-order valence-electron chi connectivity index (χ4n) is 3.53. The van der Waals surface area contributed by atoms with Gasteiger partial charge in [-0.2, -0.15) is 0 Å². The maximum absolute atomic E-state index is 12.4. The molecule has 1 amide bonds. The Morgan fingerprint density at radius 2 is 1.69 bits per heavy atom. The molecule has 0 aliphatic heterocycles. The van der Waals surface area contributed by atoms with Crippen LogP contribution in [0.15, 0.2) is 67.0 Å². The number of hydrogen-bond acceptors (Lipinski definition) is 4. The van der Waals surface area contributed by atoms with Gasteiger partial charge in [0, 0.05) is 30.9 Å². The predicted molar refractivity (Wildman–Crippen MR) is 114 cm³/mol. The van der Waals surface area contributed by atoms with E-state index < -0.39 is 0 Å². The number of carbonyl (C=O) groups is 1. The van der Waals surface area contributed by atoms with Crippen molar-refractivity contribution >= 4 is 38.7 Å². The van der Waals surface area contributed by atoms with Crippen LogP contribution in [0.25, 0.3) is 32.8 Å². The zero-order chi connectivity index (χ0) is 19.6. The van der Waals surface area contributed by atoms with Crippen molar-refractivity contribution < 1.29 is 4.79 Å². The van der Waals surface area contributed by atoms with Gasteiger partial charge in [0.1, 0.15) is 5.82 Å². The average Bonchev–Trinajstić information content (AvgIpc) is 3.16. The molecule has 142 valence electrons. The number of H-pyrrole nitrogens is 1. The minimum atomic E-state index is -0.103. The maximum atomic E-state index is 12.4. The highest BCUT2D eigenvalue weighted by molar-refractivity contribution is 5.97. The lowest BCUT2D eigenvalue weighted by Gasteiger charge is -2.05. The average molecular weight is 381 g/mol. The molecule has 2 heterocycles.